The van der Waals surface area contributed by atoms with Crippen LogP contribution in [0.2, 0.25) is 0 Å². The van der Waals surface area contributed by atoms with Crippen LogP contribution in [-0.4, -0.2) is 18.1 Å². The zero-order valence-electron chi connectivity index (χ0n) is 8.61. The molecule has 0 spiro atoms. The van der Waals surface area contributed by atoms with E-state index in [0.29, 0.717) is 0 Å². The van der Waals surface area contributed by atoms with E-state index in [1.165, 1.54) is 30.5 Å². The minimum atomic E-state index is 0.833. The lowest BCUT2D eigenvalue weighted by molar-refractivity contribution is 0.346. The average molecular weight is 198 g/mol. The van der Waals surface area contributed by atoms with Crippen LogP contribution < -0.4 is 5.32 Å². The molecule has 0 unspecified atom stereocenters. The second-order valence-electron chi connectivity index (χ2n) is 4.26. The third-order valence-corrected chi connectivity index (χ3v) is 3.06. The lowest BCUT2D eigenvalue weighted by Gasteiger charge is -2.27. The van der Waals surface area contributed by atoms with Gasteiger partial charge in [-0.15, -0.1) is 0 Å². The summed E-state index contributed by atoms with van der Waals surface area (Å²) < 4.78 is 0. The van der Waals surface area contributed by atoms with Gasteiger partial charge in [0.1, 0.15) is 0 Å². The van der Waals surface area contributed by atoms with Crippen molar-refractivity contribution in [2.24, 2.45) is 5.92 Å². The van der Waals surface area contributed by atoms with Crippen LogP contribution in [0, 0.1) is 5.92 Å². The summed E-state index contributed by atoms with van der Waals surface area (Å²) in [4.78, 5) is 4.32. The van der Waals surface area contributed by atoms with Crippen LogP contribution in [0.4, 0.5) is 0 Å². The van der Waals surface area contributed by atoms with Crippen LogP contribution >= 0.6 is 0 Å². The molecular formula is C13H14N2. The van der Waals surface area contributed by atoms with Crippen molar-refractivity contribution in [3.8, 4) is 0 Å². The van der Waals surface area contributed by atoms with E-state index in [9.17, 15) is 0 Å². The van der Waals surface area contributed by atoms with Gasteiger partial charge < -0.3 is 5.32 Å². The van der Waals surface area contributed by atoms with Crippen molar-refractivity contribution in [1.29, 1.82) is 0 Å². The van der Waals surface area contributed by atoms with Crippen molar-refractivity contribution in [2.75, 3.05) is 13.1 Å². The Morgan fingerprint density at radius 2 is 2.20 bits per heavy atom. The van der Waals surface area contributed by atoms with E-state index in [-0.39, 0.29) is 0 Å². The molecule has 0 radical (unpaired) electrons. The normalized spacial score (nSPS) is 16.5. The van der Waals surface area contributed by atoms with Gasteiger partial charge in [-0.25, -0.2) is 0 Å². The molecule has 0 saturated carbocycles. The average Bonchev–Trinajstić information content (AvgIpc) is 2.23. The fourth-order valence-corrected chi connectivity index (χ4v) is 2.08. The first kappa shape index (κ1) is 8.86. The number of pyridine rings is 1. The maximum atomic E-state index is 4.32. The molecule has 2 heteroatoms. The van der Waals surface area contributed by atoms with Gasteiger partial charge in [0.2, 0.25) is 0 Å². The lowest BCUT2D eigenvalue weighted by atomic mass is 9.94. The SMILES string of the molecule is c1cnc2ccc(CC3CNC3)cc2c1. The summed E-state index contributed by atoms with van der Waals surface area (Å²) in [5.41, 5.74) is 2.52. The summed E-state index contributed by atoms with van der Waals surface area (Å²) in [6.07, 6.45) is 3.04. The molecule has 1 aromatic carbocycles. The number of aromatic nitrogens is 1. The van der Waals surface area contributed by atoms with E-state index in [1.807, 2.05) is 12.3 Å². The Hall–Kier alpha value is -1.41. The first-order valence-electron chi connectivity index (χ1n) is 5.46. The molecule has 1 aromatic heterocycles. The van der Waals surface area contributed by atoms with Crippen molar-refractivity contribution >= 4 is 10.9 Å². The monoisotopic (exact) mass is 198 g/mol. The molecule has 0 aliphatic carbocycles. The third-order valence-electron chi connectivity index (χ3n) is 3.06. The molecule has 1 N–H and O–H groups in total. The first-order chi connectivity index (χ1) is 7.42. The van der Waals surface area contributed by atoms with Gasteiger partial charge in [-0.05, 0) is 49.2 Å². The highest BCUT2D eigenvalue weighted by Crippen LogP contribution is 2.17. The zero-order valence-corrected chi connectivity index (χ0v) is 8.61. The molecule has 1 aliphatic rings. The van der Waals surface area contributed by atoms with Crippen LogP contribution in [0.25, 0.3) is 10.9 Å². The van der Waals surface area contributed by atoms with Crippen molar-refractivity contribution in [3.63, 3.8) is 0 Å². The number of fused-ring (bicyclic) bond motifs is 1. The Labute approximate surface area is 89.3 Å². The summed E-state index contributed by atoms with van der Waals surface area (Å²) in [5.74, 6) is 0.833. The molecule has 0 bridgehead atoms. The van der Waals surface area contributed by atoms with Crippen molar-refractivity contribution in [3.05, 3.63) is 42.1 Å². The molecule has 15 heavy (non-hydrogen) atoms. The Kier molecular flexibility index (Phi) is 2.14. The molecule has 3 rings (SSSR count). The Morgan fingerprint density at radius 1 is 1.27 bits per heavy atom. The largest absolute Gasteiger partial charge is 0.316 e. The number of nitrogens with zero attached hydrogens (tertiary/aromatic N) is 1. The molecule has 2 nitrogen and oxygen atoms in total. The fourth-order valence-electron chi connectivity index (χ4n) is 2.08. The molecular weight excluding hydrogens is 184 g/mol. The molecule has 0 amide bonds. The third kappa shape index (κ3) is 1.73. The van der Waals surface area contributed by atoms with Gasteiger partial charge >= 0.3 is 0 Å². The topological polar surface area (TPSA) is 24.9 Å². The molecule has 1 saturated heterocycles. The lowest BCUT2D eigenvalue weighted by Crippen LogP contribution is -2.43. The van der Waals surface area contributed by atoms with Gasteiger partial charge in [0.15, 0.2) is 0 Å². The Morgan fingerprint density at radius 3 is 3.00 bits per heavy atom. The van der Waals surface area contributed by atoms with Crippen molar-refractivity contribution in [2.45, 2.75) is 6.42 Å². The Balaban J connectivity index is 1.91. The van der Waals surface area contributed by atoms with Crippen LogP contribution in [0.1, 0.15) is 5.56 Å². The zero-order chi connectivity index (χ0) is 10.1. The van der Waals surface area contributed by atoms with Gasteiger partial charge in [0.05, 0.1) is 5.52 Å². The summed E-state index contributed by atoms with van der Waals surface area (Å²) in [6.45, 7) is 2.34. The number of hydrogen-bond donors (Lipinski definition) is 1. The molecule has 2 heterocycles. The molecule has 1 aliphatic heterocycles. The summed E-state index contributed by atoms with van der Waals surface area (Å²) in [5, 5.41) is 4.56. The summed E-state index contributed by atoms with van der Waals surface area (Å²) in [7, 11) is 0. The Bertz CT molecular complexity index is 475. The highest BCUT2D eigenvalue weighted by molar-refractivity contribution is 5.78. The summed E-state index contributed by atoms with van der Waals surface area (Å²) >= 11 is 0. The number of hydrogen-bond acceptors (Lipinski definition) is 2. The van der Waals surface area contributed by atoms with Gasteiger partial charge in [-0.2, -0.15) is 0 Å². The van der Waals surface area contributed by atoms with E-state index in [0.717, 1.165) is 11.4 Å². The molecule has 2 aromatic rings. The minimum Gasteiger partial charge on any atom is -0.316 e. The summed E-state index contributed by atoms with van der Waals surface area (Å²) in [6, 6.07) is 10.7. The predicted molar refractivity (Wildman–Crippen MR) is 61.8 cm³/mol. The quantitative estimate of drug-likeness (QED) is 0.798. The maximum Gasteiger partial charge on any atom is 0.0702 e. The van der Waals surface area contributed by atoms with Crippen LogP contribution in [-0.2, 0) is 6.42 Å². The van der Waals surface area contributed by atoms with Gasteiger partial charge in [-0.3, -0.25) is 4.98 Å². The number of rotatable bonds is 2. The minimum absolute atomic E-state index is 0.833. The van der Waals surface area contributed by atoms with E-state index in [1.54, 1.807) is 0 Å². The molecule has 0 atom stereocenters. The molecule has 76 valence electrons. The van der Waals surface area contributed by atoms with Gasteiger partial charge in [0, 0.05) is 11.6 Å². The second-order valence-corrected chi connectivity index (χ2v) is 4.26. The molecule has 1 fully saturated rings. The number of benzene rings is 1. The standard InChI is InChI=1S/C13H14N2/c1-2-12-7-10(6-11-8-14-9-11)3-4-13(12)15-5-1/h1-5,7,11,14H,6,8-9H2. The van der Waals surface area contributed by atoms with E-state index in [4.69, 9.17) is 0 Å². The predicted octanol–water partition coefficient (Wildman–Crippen LogP) is 2.00. The van der Waals surface area contributed by atoms with Crippen molar-refractivity contribution < 1.29 is 0 Å². The van der Waals surface area contributed by atoms with E-state index < -0.39 is 0 Å². The second kappa shape index (κ2) is 3.63. The smallest absolute Gasteiger partial charge is 0.0702 e. The van der Waals surface area contributed by atoms with E-state index >= 15 is 0 Å². The van der Waals surface area contributed by atoms with E-state index in [2.05, 4.69) is 34.6 Å². The van der Waals surface area contributed by atoms with Crippen LogP contribution in [0.5, 0.6) is 0 Å². The highest BCUT2D eigenvalue weighted by Gasteiger charge is 2.16. The van der Waals surface area contributed by atoms with Crippen LogP contribution in [0.3, 0.4) is 0 Å². The number of nitrogens with one attached hydrogen (secondary N) is 1. The van der Waals surface area contributed by atoms with Crippen LogP contribution in [0.15, 0.2) is 36.5 Å². The van der Waals surface area contributed by atoms with Crippen molar-refractivity contribution in [1.82, 2.24) is 10.3 Å². The maximum absolute atomic E-state index is 4.32. The first-order valence-corrected chi connectivity index (χ1v) is 5.46. The highest BCUT2D eigenvalue weighted by atomic mass is 14.9. The van der Waals surface area contributed by atoms with Gasteiger partial charge in [0.25, 0.3) is 0 Å². The van der Waals surface area contributed by atoms with Gasteiger partial charge in [-0.1, -0.05) is 12.1 Å². The fraction of sp³-hybridized carbons (Fsp3) is 0.308.